The van der Waals surface area contributed by atoms with Crippen molar-refractivity contribution in [2.45, 2.75) is 52.9 Å². The fraction of sp³-hybridized carbons (Fsp3) is 0.800. The summed E-state index contributed by atoms with van der Waals surface area (Å²) >= 11 is 1.81. The van der Waals surface area contributed by atoms with Crippen LogP contribution in [0.3, 0.4) is 0 Å². The van der Waals surface area contributed by atoms with Crippen molar-refractivity contribution in [3.8, 4) is 0 Å². The van der Waals surface area contributed by atoms with E-state index in [2.05, 4.69) is 46.3 Å². The van der Waals surface area contributed by atoms with E-state index in [4.69, 9.17) is 0 Å². The molecule has 1 aromatic rings. The van der Waals surface area contributed by atoms with Crippen LogP contribution in [0.4, 0.5) is 0 Å². The highest BCUT2D eigenvalue weighted by Gasteiger charge is 2.20. The van der Waals surface area contributed by atoms with Crippen molar-refractivity contribution in [2.24, 2.45) is 16.8 Å². The summed E-state index contributed by atoms with van der Waals surface area (Å²) in [6.07, 6.45) is 7.85. The normalized spacial score (nSPS) is 21.0. The van der Waals surface area contributed by atoms with Gasteiger partial charge in [-0.1, -0.05) is 20.8 Å². The minimum absolute atomic E-state index is 0. The van der Waals surface area contributed by atoms with E-state index < -0.39 is 0 Å². The number of hydrogen-bond donors (Lipinski definition) is 2. The van der Waals surface area contributed by atoms with Crippen LogP contribution in [0.5, 0.6) is 0 Å². The number of aromatic nitrogens is 1. The van der Waals surface area contributed by atoms with Crippen molar-refractivity contribution < 1.29 is 0 Å². The number of hydrogen-bond acceptors (Lipinski definition) is 4. The summed E-state index contributed by atoms with van der Waals surface area (Å²) in [5.74, 6) is 2.61. The Morgan fingerprint density at radius 1 is 1.22 bits per heavy atom. The molecule has 2 unspecified atom stereocenters. The molecule has 7 heteroatoms. The molecule has 1 aromatic heterocycles. The van der Waals surface area contributed by atoms with E-state index in [0.29, 0.717) is 0 Å². The van der Waals surface area contributed by atoms with Gasteiger partial charge in [0, 0.05) is 50.7 Å². The van der Waals surface area contributed by atoms with Crippen LogP contribution in [0.15, 0.2) is 11.2 Å². The Hall–Kier alpha value is -0.410. The molecule has 0 aromatic carbocycles. The van der Waals surface area contributed by atoms with E-state index in [-0.39, 0.29) is 24.0 Å². The Bertz CT molecular complexity index is 538. The summed E-state index contributed by atoms with van der Waals surface area (Å²) in [6.45, 7) is 12.6. The van der Waals surface area contributed by atoms with E-state index in [1.165, 1.54) is 48.8 Å². The summed E-state index contributed by atoms with van der Waals surface area (Å²) in [5, 5.41) is 8.03. The molecule has 0 amide bonds. The Balaban J connectivity index is 0.00000364. The number of thiazole rings is 1. The van der Waals surface area contributed by atoms with Crippen LogP contribution in [0.1, 0.15) is 49.9 Å². The van der Waals surface area contributed by atoms with Crippen molar-refractivity contribution >= 4 is 41.3 Å². The zero-order chi connectivity index (χ0) is 18.8. The number of guanidine groups is 1. The predicted molar refractivity (Wildman–Crippen MR) is 129 cm³/mol. The molecule has 1 saturated heterocycles. The number of halogens is 1. The Labute approximate surface area is 186 Å². The van der Waals surface area contributed by atoms with Gasteiger partial charge < -0.3 is 15.5 Å². The Morgan fingerprint density at radius 2 is 1.93 bits per heavy atom. The molecular formula is C20H38IN5S. The molecular weight excluding hydrogens is 469 g/mol. The second-order valence-corrected chi connectivity index (χ2v) is 8.86. The van der Waals surface area contributed by atoms with Crippen molar-refractivity contribution in [2.75, 3.05) is 39.8 Å². The van der Waals surface area contributed by atoms with Gasteiger partial charge in [0.25, 0.3) is 0 Å². The third-order valence-corrected chi connectivity index (χ3v) is 6.14. The van der Waals surface area contributed by atoms with Gasteiger partial charge in [-0.25, -0.2) is 4.98 Å². The lowest BCUT2D eigenvalue weighted by molar-refractivity contribution is 0.139. The lowest BCUT2D eigenvalue weighted by Crippen LogP contribution is -2.40. The number of aryl methyl sites for hydroxylation is 1. The molecule has 0 radical (unpaired) electrons. The van der Waals surface area contributed by atoms with Crippen LogP contribution in [0, 0.1) is 11.8 Å². The third kappa shape index (κ3) is 9.56. The van der Waals surface area contributed by atoms with Gasteiger partial charge in [-0.3, -0.25) is 4.99 Å². The van der Waals surface area contributed by atoms with Gasteiger partial charge in [-0.15, -0.1) is 35.3 Å². The average Bonchev–Trinajstić information content (AvgIpc) is 3.07. The van der Waals surface area contributed by atoms with Crippen molar-refractivity contribution in [3.63, 3.8) is 0 Å². The van der Waals surface area contributed by atoms with Gasteiger partial charge in [0.15, 0.2) is 5.96 Å². The maximum absolute atomic E-state index is 4.46. The van der Waals surface area contributed by atoms with Crippen LogP contribution < -0.4 is 10.6 Å². The number of likely N-dealkylation sites (tertiary alicyclic amines) is 1. The highest BCUT2D eigenvalue weighted by atomic mass is 127. The van der Waals surface area contributed by atoms with Crippen LogP contribution in [0.25, 0.3) is 0 Å². The van der Waals surface area contributed by atoms with Crippen LogP contribution in [-0.2, 0) is 12.8 Å². The Morgan fingerprint density at radius 3 is 2.56 bits per heavy atom. The summed E-state index contributed by atoms with van der Waals surface area (Å²) in [7, 11) is 1.84. The van der Waals surface area contributed by atoms with Crippen molar-refractivity contribution in [3.05, 3.63) is 16.1 Å². The lowest BCUT2D eigenvalue weighted by Gasteiger charge is -2.34. The molecule has 5 nitrogen and oxygen atoms in total. The quantitative estimate of drug-likeness (QED) is 0.231. The molecule has 1 fully saturated rings. The molecule has 0 saturated carbocycles. The molecule has 27 heavy (non-hydrogen) atoms. The summed E-state index contributed by atoms with van der Waals surface area (Å²) in [4.78, 5) is 12.8. The first kappa shape index (κ1) is 24.6. The molecule has 0 aliphatic carbocycles. The average molecular weight is 508 g/mol. The van der Waals surface area contributed by atoms with E-state index in [1.807, 2.05) is 24.6 Å². The second-order valence-electron chi connectivity index (χ2n) is 7.66. The first-order valence-corrected chi connectivity index (χ1v) is 11.0. The highest BCUT2D eigenvalue weighted by Crippen LogP contribution is 2.20. The standard InChI is InChI=1S/C20H37N5S.HI/c1-5-18-13-24-19(26-18)8-10-23-20(21-4)22-9-6-7-11-25-14-16(2)12-17(3)15-25;/h13,16-17H,5-12,14-15H2,1-4H3,(H2,21,22,23);1H. The second kappa shape index (κ2) is 13.7. The molecule has 1 aliphatic rings. The SMILES string of the molecule is CCc1cnc(CCNC(=NC)NCCCCN2CC(C)CC(C)C2)s1.I. The van der Waals surface area contributed by atoms with Gasteiger partial charge in [-0.05, 0) is 44.1 Å². The fourth-order valence-electron chi connectivity index (χ4n) is 3.78. The Kier molecular flexibility index (Phi) is 12.5. The molecule has 156 valence electrons. The smallest absolute Gasteiger partial charge is 0.190 e. The van der Waals surface area contributed by atoms with E-state index >= 15 is 0 Å². The predicted octanol–water partition coefficient (Wildman–Crippen LogP) is 3.79. The monoisotopic (exact) mass is 507 g/mol. The van der Waals surface area contributed by atoms with Crippen LogP contribution in [-0.4, -0.2) is 55.6 Å². The number of piperidine rings is 1. The molecule has 1 aliphatic heterocycles. The van der Waals surface area contributed by atoms with E-state index in [9.17, 15) is 0 Å². The van der Waals surface area contributed by atoms with Gasteiger partial charge in [0.05, 0.1) is 5.01 Å². The van der Waals surface area contributed by atoms with Crippen LogP contribution >= 0.6 is 35.3 Å². The number of rotatable bonds is 9. The summed E-state index contributed by atoms with van der Waals surface area (Å²) < 4.78 is 0. The maximum Gasteiger partial charge on any atom is 0.190 e. The molecule has 2 rings (SSSR count). The largest absolute Gasteiger partial charge is 0.356 e. The number of aliphatic imine (C=N–C) groups is 1. The first-order chi connectivity index (χ1) is 12.6. The third-order valence-electron chi connectivity index (χ3n) is 4.94. The van der Waals surface area contributed by atoms with Gasteiger partial charge >= 0.3 is 0 Å². The van der Waals surface area contributed by atoms with Gasteiger partial charge in [0.1, 0.15) is 0 Å². The van der Waals surface area contributed by atoms with E-state index in [0.717, 1.165) is 43.7 Å². The fourth-order valence-corrected chi connectivity index (χ4v) is 4.64. The molecule has 0 spiro atoms. The summed E-state index contributed by atoms with van der Waals surface area (Å²) in [6, 6.07) is 0. The first-order valence-electron chi connectivity index (χ1n) is 10.2. The molecule has 2 heterocycles. The van der Waals surface area contributed by atoms with E-state index in [1.54, 1.807) is 0 Å². The minimum Gasteiger partial charge on any atom is -0.356 e. The number of unbranched alkanes of at least 4 members (excludes halogenated alkanes) is 1. The molecule has 2 N–H and O–H groups in total. The minimum atomic E-state index is 0. The lowest BCUT2D eigenvalue weighted by atomic mass is 9.92. The molecule has 0 bridgehead atoms. The van der Waals surface area contributed by atoms with Crippen molar-refractivity contribution in [1.29, 1.82) is 0 Å². The zero-order valence-electron chi connectivity index (χ0n) is 17.5. The zero-order valence-corrected chi connectivity index (χ0v) is 20.6. The topological polar surface area (TPSA) is 52.6 Å². The highest BCUT2D eigenvalue weighted by molar-refractivity contribution is 14.0. The molecule has 2 atom stereocenters. The number of nitrogens with one attached hydrogen (secondary N) is 2. The van der Waals surface area contributed by atoms with Gasteiger partial charge in [-0.2, -0.15) is 0 Å². The number of nitrogens with zero attached hydrogens (tertiary/aromatic N) is 3. The van der Waals surface area contributed by atoms with Crippen LogP contribution in [0.2, 0.25) is 0 Å². The van der Waals surface area contributed by atoms with Gasteiger partial charge in [0.2, 0.25) is 0 Å². The van der Waals surface area contributed by atoms with Crippen molar-refractivity contribution in [1.82, 2.24) is 20.5 Å². The maximum atomic E-state index is 4.46. The summed E-state index contributed by atoms with van der Waals surface area (Å²) in [5.41, 5.74) is 0.